The van der Waals surface area contributed by atoms with Crippen molar-refractivity contribution in [1.82, 2.24) is 19.5 Å². The molecule has 0 saturated carbocycles. The topological polar surface area (TPSA) is 83.1 Å². The van der Waals surface area contributed by atoms with Gasteiger partial charge in [0.25, 0.3) is 0 Å². The van der Waals surface area contributed by atoms with Crippen LogP contribution in [-0.4, -0.2) is 56.0 Å². The summed E-state index contributed by atoms with van der Waals surface area (Å²) in [6.45, 7) is 6.47. The largest absolute Gasteiger partial charge is 0.492 e. The Balaban J connectivity index is 2.01. The SMILES string of the molecule is CCc1nc2sc(C(c3ccc(OC(C)C)cc3)N(C)CCO)c(O)n2n1. The number of rotatable bonds is 8. The highest BCUT2D eigenvalue weighted by atomic mass is 32.1. The molecule has 8 heteroatoms. The van der Waals surface area contributed by atoms with Crippen LogP contribution in [0.3, 0.4) is 0 Å². The second-order valence-corrected chi connectivity index (χ2v) is 7.72. The Morgan fingerprint density at radius 3 is 2.52 bits per heavy atom. The number of ether oxygens (including phenoxy) is 1. The fourth-order valence-electron chi connectivity index (χ4n) is 3.01. The number of aliphatic hydroxyl groups excluding tert-OH is 1. The second-order valence-electron chi connectivity index (χ2n) is 6.71. The molecule has 2 aromatic heterocycles. The summed E-state index contributed by atoms with van der Waals surface area (Å²) < 4.78 is 7.22. The van der Waals surface area contributed by atoms with E-state index in [2.05, 4.69) is 10.1 Å². The maximum Gasteiger partial charge on any atom is 0.230 e. The molecule has 0 aliphatic carbocycles. The first kappa shape index (κ1) is 19.6. The zero-order valence-electron chi connectivity index (χ0n) is 16.1. The molecule has 2 N–H and O–H groups in total. The van der Waals surface area contributed by atoms with E-state index in [0.29, 0.717) is 23.8 Å². The van der Waals surface area contributed by atoms with Crippen LogP contribution in [0.2, 0.25) is 0 Å². The minimum absolute atomic E-state index is 0.0308. The first-order valence-corrected chi connectivity index (χ1v) is 9.91. The number of hydrogen-bond acceptors (Lipinski definition) is 7. The molecule has 0 saturated heterocycles. The minimum Gasteiger partial charge on any atom is -0.492 e. The predicted octanol–water partition coefficient (Wildman–Crippen LogP) is 2.86. The number of benzene rings is 1. The molecule has 27 heavy (non-hydrogen) atoms. The predicted molar refractivity (Wildman–Crippen MR) is 106 cm³/mol. The maximum atomic E-state index is 10.8. The third-order valence-corrected chi connectivity index (χ3v) is 5.34. The fraction of sp³-hybridized carbons (Fsp3) is 0.474. The van der Waals surface area contributed by atoms with E-state index >= 15 is 0 Å². The summed E-state index contributed by atoms with van der Waals surface area (Å²) in [5.41, 5.74) is 0.998. The lowest BCUT2D eigenvalue weighted by molar-refractivity contribution is 0.196. The number of aryl methyl sites for hydroxylation is 1. The molecular weight excluding hydrogens is 364 g/mol. The first-order valence-electron chi connectivity index (χ1n) is 9.09. The van der Waals surface area contributed by atoms with Gasteiger partial charge in [0.1, 0.15) is 5.75 Å². The number of hydrogen-bond donors (Lipinski definition) is 2. The van der Waals surface area contributed by atoms with E-state index in [9.17, 15) is 10.2 Å². The van der Waals surface area contributed by atoms with E-state index in [4.69, 9.17) is 4.74 Å². The van der Waals surface area contributed by atoms with E-state index < -0.39 is 0 Å². The quantitative estimate of drug-likeness (QED) is 0.615. The van der Waals surface area contributed by atoms with Gasteiger partial charge in [0.05, 0.1) is 23.6 Å². The molecule has 0 radical (unpaired) electrons. The molecule has 146 valence electrons. The molecule has 3 rings (SSSR count). The summed E-state index contributed by atoms with van der Waals surface area (Å²) in [6, 6.07) is 7.62. The molecule has 0 fully saturated rings. The van der Waals surface area contributed by atoms with Gasteiger partial charge in [-0.2, -0.15) is 4.52 Å². The lowest BCUT2D eigenvalue weighted by atomic mass is 10.0. The van der Waals surface area contributed by atoms with Gasteiger partial charge in [-0.1, -0.05) is 30.4 Å². The van der Waals surface area contributed by atoms with E-state index in [1.807, 2.05) is 57.0 Å². The normalized spacial score (nSPS) is 13.0. The van der Waals surface area contributed by atoms with Crippen molar-refractivity contribution < 1.29 is 14.9 Å². The van der Waals surface area contributed by atoms with Crippen molar-refractivity contribution >= 4 is 16.3 Å². The van der Waals surface area contributed by atoms with Crippen LogP contribution in [0, 0.1) is 0 Å². The third-order valence-electron chi connectivity index (χ3n) is 4.27. The molecule has 0 aliphatic heterocycles. The molecule has 1 unspecified atom stereocenters. The molecule has 3 aromatic rings. The maximum absolute atomic E-state index is 10.8. The third kappa shape index (κ3) is 4.07. The second kappa shape index (κ2) is 8.24. The summed E-state index contributed by atoms with van der Waals surface area (Å²) in [4.78, 5) is 7.89. The molecular formula is C19H26N4O3S. The highest BCUT2D eigenvalue weighted by molar-refractivity contribution is 7.17. The number of fused-ring (bicyclic) bond motifs is 1. The molecule has 1 aromatic carbocycles. The Bertz CT molecular complexity index is 888. The van der Waals surface area contributed by atoms with Crippen LogP contribution in [0.15, 0.2) is 24.3 Å². The lowest BCUT2D eigenvalue weighted by Crippen LogP contribution is -2.28. The van der Waals surface area contributed by atoms with E-state index in [-0.39, 0.29) is 24.6 Å². The zero-order valence-corrected chi connectivity index (χ0v) is 16.9. The smallest absolute Gasteiger partial charge is 0.230 e. The van der Waals surface area contributed by atoms with Crippen molar-refractivity contribution in [3.63, 3.8) is 0 Å². The Morgan fingerprint density at radius 2 is 1.96 bits per heavy atom. The van der Waals surface area contributed by atoms with Gasteiger partial charge in [-0.15, -0.1) is 5.10 Å². The summed E-state index contributed by atoms with van der Waals surface area (Å²) in [6.07, 6.45) is 0.825. The Hall–Kier alpha value is -2.16. The Kier molecular flexibility index (Phi) is 5.98. The Labute approximate surface area is 162 Å². The van der Waals surface area contributed by atoms with Crippen molar-refractivity contribution in [2.45, 2.75) is 39.3 Å². The van der Waals surface area contributed by atoms with E-state index in [0.717, 1.165) is 16.2 Å². The van der Waals surface area contributed by atoms with Gasteiger partial charge < -0.3 is 14.9 Å². The highest BCUT2D eigenvalue weighted by Gasteiger charge is 2.27. The first-order chi connectivity index (χ1) is 12.9. The summed E-state index contributed by atoms with van der Waals surface area (Å²) in [5.74, 6) is 1.61. The highest BCUT2D eigenvalue weighted by Crippen LogP contribution is 2.39. The Morgan fingerprint density at radius 1 is 1.26 bits per heavy atom. The molecule has 0 bridgehead atoms. The number of aliphatic hydroxyl groups is 1. The summed E-state index contributed by atoms with van der Waals surface area (Å²) >= 11 is 1.42. The van der Waals surface area contributed by atoms with Gasteiger partial charge in [0.15, 0.2) is 5.82 Å². The van der Waals surface area contributed by atoms with Gasteiger partial charge >= 0.3 is 0 Å². The van der Waals surface area contributed by atoms with E-state index in [1.165, 1.54) is 15.9 Å². The van der Waals surface area contributed by atoms with Crippen molar-refractivity contribution in [3.8, 4) is 11.6 Å². The molecule has 0 amide bonds. The van der Waals surface area contributed by atoms with Crippen LogP contribution in [0.4, 0.5) is 0 Å². The van der Waals surface area contributed by atoms with E-state index in [1.54, 1.807) is 0 Å². The monoisotopic (exact) mass is 390 g/mol. The van der Waals surface area contributed by atoms with Crippen molar-refractivity contribution in [1.29, 1.82) is 0 Å². The minimum atomic E-state index is -0.219. The van der Waals surface area contributed by atoms with Gasteiger partial charge in [0.2, 0.25) is 10.8 Å². The lowest BCUT2D eigenvalue weighted by Gasteiger charge is -2.27. The molecule has 7 nitrogen and oxygen atoms in total. The molecule has 0 aliphatic rings. The molecule has 0 spiro atoms. The summed E-state index contributed by atoms with van der Waals surface area (Å²) in [5, 5.41) is 24.5. The van der Waals surface area contributed by atoms with Gasteiger partial charge in [-0.25, -0.2) is 4.98 Å². The number of nitrogens with zero attached hydrogens (tertiary/aromatic N) is 4. The van der Waals surface area contributed by atoms with Crippen LogP contribution in [0.5, 0.6) is 11.6 Å². The van der Waals surface area contributed by atoms with Crippen LogP contribution in [-0.2, 0) is 6.42 Å². The van der Waals surface area contributed by atoms with Crippen molar-refractivity contribution in [3.05, 3.63) is 40.5 Å². The van der Waals surface area contributed by atoms with Crippen LogP contribution < -0.4 is 4.74 Å². The van der Waals surface area contributed by atoms with Crippen LogP contribution in [0.1, 0.15) is 43.1 Å². The standard InChI is InChI=1S/C19H26N4O3S/c1-5-15-20-19-23(21-15)18(25)17(27-19)16(22(4)10-11-24)13-6-8-14(9-7-13)26-12(2)3/h6-9,12,16,24-25H,5,10-11H2,1-4H3. The van der Waals surface area contributed by atoms with Gasteiger partial charge in [0, 0.05) is 13.0 Å². The zero-order chi connectivity index (χ0) is 19.6. The fourth-order valence-corrected chi connectivity index (χ4v) is 4.18. The van der Waals surface area contributed by atoms with Gasteiger partial charge in [-0.05, 0) is 38.6 Å². The van der Waals surface area contributed by atoms with Crippen LogP contribution in [0.25, 0.3) is 4.96 Å². The van der Waals surface area contributed by atoms with Crippen molar-refractivity contribution in [2.75, 3.05) is 20.2 Å². The number of aromatic nitrogens is 3. The number of likely N-dealkylation sites (N-methyl/N-ethyl adjacent to an activating group) is 1. The van der Waals surface area contributed by atoms with Crippen LogP contribution >= 0.6 is 11.3 Å². The average Bonchev–Trinajstić information content (AvgIpc) is 3.16. The molecule has 2 heterocycles. The molecule has 1 atom stereocenters. The summed E-state index contributed by atoms with van der Waals surface area (Å²) in [7, 11) is 1.92. The number of thiazole rings is 1. The average molecular weight is 391 g/mol. The number of aromatic hydroxyl groups is 1. The van der Waals surface area contributed by atoms with Gasteiger partial charge in [-0.3, -0.25) is 4.90 Å². The van der Waals surface area contributed by atoms with Crippen molar-refractivity contribution in [2.24, 2.45) is 0 Å².